The van der Waals surface area contributed by atoms with Crippen molar-refractivity contribution < 1.29 is 23.9 Å². The van der Waals surface area contributed by atoms with Crippen molar-refractivity contribution in [2.75, 3.05) is 26.3 Å². The number of aromatic nitrogens is 1. The van der Waals surface area contributed by atoms with Crippen LogP contribution in [0.4, 0.5) is 0 Å². The minimum atomic E-state index is -0.545. The summed E-state index contributed by atoms with van der Waals surface area (Å²) in [4.78, 5) is 42.7. The highest BCUT2D eigenvalue weighted by Gasteiger charge is 2.28. The van der Waals surface area contributed by atoms with Crippen LogP contribution in [0.1, 0.15) is 35.8 Å². The van der Waals surface area contributed by atoms with Crippen molar-refractivity contribution in [3.05, 3.63) is 41.6 Å². The molecule has 0 unspecified atom stereocenters. The zero-order chi connectivity index (χ0) is 20.1. The van der Waals surface area contributed by atoms with Crippen LogP contribution in [0.3, 0.4) is 0 Å². The monoisotopic (exact) mass is 384 g/mol. The zero-order valence-electron chi connectivity index (χ0n) is 16.1. The summed E-state index contributed by atoms with van der Waals surface area (Å²) < 4.78 is 10.3. The molecular weight excluding hydrogens is 360 g/mol. The molecule has 3 rings (SSSR count). The molecule has 1 aromatic carbocycles. The Kier molecular flexibility index (Phi) is 6.23. The third-order valence-electron chi connectivity index (χ3n) is 4.86. The molecule has 1 amide bonds. The van der Waals surface area contributed by atoms with Gasteiger partial charge >= 0.3 is 11.9 Å². The standard InChI is InChI=1S/C21H24N2O5/c1-3-27-20(25)15-8-10-23(11-9-15)19(24)13-28-21(26)17-12-14(2)22-18-7-5-4-6-16(17)18/h4-7,12,15H,3,8-11,13H2,1-2H3. The Labute approximate surface area is 163 Å². The first-order valence-electron chi connectivity index (χ1n) is 9.47. The predicted molar refractivity (Wildman–Crippen MR) is 103 cm³/mol. The summed E-state index contributed by atoms with van der Waals surface area (Å²) in [7, 11) is 0. The van der Waals surface area contributed by atoms with E-state index in [1.165, 1.54) is 0 Å². The average Bonchev–Trinajstić information content (AvgIpc) is 2.71. The van der Waals surface area contributed by atoms with Gasteiger partial charge in [-0.25, -0.2) is 4.79 Å². The quantitative estimate of drug-likeness (QED) is 0.737. The number of piperidine rings is 1. The molecule has 2 aromatic rings. The number of nitrogens with zero attached hydrogens (tertiary/aromatic N) is 2. The molecule has 2 heterocycles. The van der Waals surface area contributed by atoms with Crippen molar-refractivity contribution in [3.8, 4) is 0 Å². The molecule has 1 saturated heterocycles. The third kappa shape index (κ3) is 4.47. The maximum atomic E-state index is 12.5. The molecular formula is C21H24N2O5. The van der Waals surface area contributed by atoms with Crippen molar-refractivity contribution in [2.45, 2.75) is 26.7 Å². The minimum Gasteiger partial charge on any atom is -0.466 e. The van der Waals surface area contributed by atoms with Crippen LogP contribution in [0.2, 0.25) is 0 Å². The van der Waals surface area contributed by atoms with E-state index < -0.39 is 5.97 Å². The summed E-state index contributed by atoms with van der Waals surface area (Å²) in [6.07, 6.45) is 1.12. The Morgan fingerprint density at radius 2 is 1.86 bits per heavy atom. The van der Waals surface area contributed by atoms with Crippen molar-refractivity contribution >= 4 is 28.7 Å². The molecule has 7 nitrogen and oxygen atoms in total. The number of fused-ring (bicyclic) bond motifs is 1. The van der Waals surface area contributed by atoms with E-state index in [1.807, 2.05) is 25.1 Å². The molecule has 28 heavy (non-hydrogen) atoms. The highest BCUT2D eigenvalue weighted by Crippen LogP contribution is 2.20. The molecule has 1 fully saturated rings. The summed E-state index contributed by atoms with van der Waals surface area (Å²) in [5.41, 5.74) is 1.82. The largest absolute Gasteiger partial charge is 0.466 e. The van der Waals surface area contributed by atoms with Gasteiger partial charge in [0.2, 0.25) is 0 Å². The minimum absolute atomic E-state index is 0.169. The topological polar surface area (TPSA) is 85.8 Å². The Morgan fingerprint density at radius 3 is 2.57 bits per heavy atom. The molecule has 1 aromatic heterocycles. The fourth-order valence-electron chi connectivity index (χ4n) is 3.40. The number of carbonyl (C=O) groups excluding carboxylic acids is 3. The number of esters is 2. The van der Waals surface area contributed by atoms with Gasteiger partial charge in [-0.05, 0) is 38.8 Å². The lowest BCUT2D eigenvalue weighted by atomic mass is 9.97. The van der Waals surface area contributed by atoms with Crippen LogP contribution in [0.15, 0.2) is 30.3 Å². The summed E-state index contributed by atoms with van der Waals surface area (Å²) >= 11 is 0. The number of pyridine rings is 1. The van der Waals surface area contributed by atoms with Gasteiger partial charge in [-0.1, -0.05) is 18.2 Å². The number of hydrogen-bond acceptors (Lipinski definition) is 6. The number of likely N-dealkylation sites (tertiary alicyclic amines) is 1. The maximum Gasteiger partial charge on any atom is 0.339 e. The first-order valence-corrected chi connectivity index (χ1v) is 9.47. The van der Waals surface area contributed by atoms with Crippen LogP contribution < -0.4 is 0 Å². The van der Waals surface area contributed by atoms with E-state index in [0.29, 0.717) is 54.7 Å². The molecule has 7 heteroatoms. The fraction of sp³-hybridized carbons (Fsp3) is 0.429. The van der Waals surface area contributed by atoms with Gasteiger partial charge in [-0.2, -0.15) is 0 Å². The normalized spacial score (nSPS) is 14.7. The molecule has 0 radical (unpaired) electrons. The number of carbonyl (C=O) groups is 3. The molecule has 1 aliphatic rings. The van der Waals surface area contributed by atoms with Crippen LogP contribution in [-0.2, 0) is 19.1 Å². The van der Waals surface area contributed by atoms with Gasteiger partial charge in [0.15, 0.2) is 6.61 Å². The summed E-state index contributed by atoms with van der Waals surface area (Å²) in [5.74, 6) is -1.18. The predicted octanol–water partition coefficient (Wildman–Crippen LogP) is 2.50. The van der Waals surface area contributed by atoms with E-state index in [-0.39, 0.29) is 24.4 Å². The van der Waals surface area contributed by atoms with E-state index in [4.69, 9.17) is 9.47 Å². The lowest BCUT2D eigenvalue weighted by Crippen LogP contribution is -2.42. The van der Waals surface area contributed by atoms with E-state index in [1.54, 1.807) is 24.0 Å². The van der Waals surface area contributed by atoms with Crippen molar-refractivity contribution in [3.63, 3.8) is 0 Å². The third-order valence-corrected chi connectivity index (χ3v) is 4.86. The number of ether oxygens (including phenoxy) is 2. The summed E-state index contributed by atoms with van der Waals surface area (Å²) in [6.45, 7) is 4.53. The fourth-order valence-corrected chi connectivity index (χ4v) is 3.40. The Morgan fingerprint density at radius 1 is 1.14 bits per heavy atom. The molecule has 1 aliphatic heterocycles. The first-order chi connectivity index (χ1) is 13.5. The number of amides is 1. The number of rotatable bonds is 5. The van der Waals surface area contributed by atoms with Gasteiger partial charge in [0.05, 0.1) is 23.6 Å². The van der Waals surface area contributed by atoms with Crippen LogP contribution in [0.25, 0.3) is 10.9 Å². The smallest absolute Gasteiger partial charge is 0.339 e. The van der Waals surface area contributed by atoms with E-state index in [0.717, 1.165) is 0 Å². The first kappa shape index (κ1) is 19.8. The van der Waals surface area contributed by atoms with Crippen molar-refractivity contribution in [1.29, 1.82) is 0 Å². The van der Waals surface area contributed by atoms with Crippen LogP contribution >= 0.6 is 0 Å². The zero-order valence-corrected chi connectivity index (χ0v) is 16.1. The lowest BCUT2D eigenvalue weighted by Gasteiger charge is -2.30. The van der Waals surface area contributed by atoms with Crippen molar-refractivity contribution in [1.82, 2.24) is 9.88 Å². The van der Waals surface area contributed by atoms with E-state index in [2.05, 4.69) is 4.98 Å². The Hall–Kier alpha value is -2.96. The van der Waals surface area contributed by atoms with Gasteiger partial charge in [0, 0.05) is 24.2 Å². The van der Waals surface area contributed by atoms with Gasteiger partial charge in [-0.15, -0.1) is 0 Å². The molecule has 0 spiro atoms. The van der Waals surface area contributed by atoms with Crippen LogP contribution in [-0.4, -0.2) is 54.0 Å². The number of hydrogen-bond donors (Lipinski definition) is 0. The second-order valence-electron chi connectivity index (χ2n) is 6.81. The highest BCUT2D eigenvalue weighted by molar-refractivity contribution is 6.04. The van der Waals surface area contributed by atoms with E-state index in [9.17, 15) is 14.4 Å². The van der Waals surface area contributed by atoms with E-state index >= 15 is 0 Å². The Balaban J connectivity index is 1.57. The second kappa shape index (κ2) is 8.82. The molecule has 0 saturated carbocycles. The Bertz CT molecular complexity index is 887. The molecule has 0 N–H and O–H groups in total. The summed E-state index contributed by atoms with van der Waals surface area (Å²) in [6, 6.07) is 8.99. The number of benzene rings is 1. The van der Waals surface area contributed by atoms with Gasteiger partial charge in [0.1, 0.15) is 0 Å². The molecule has 0 bridgehead atoms. The molecule has 148 valence electrons. The molecule has 0 atom stereocenters. The van der Waals surface area contributed by atoms with Crippen LogP contribution in [0.5, 0.6) is 0 Å². The van der Waals surface area contributed by atoms with Gasteiger partial charge in [-0.3, -0.25) is 14.6 Å². The number of aryl methyl sites for hydroxylation is 1. The second-order valence-corrected chi connectivity index (χ2v) is 6.81. The van der Waals surface area contributed by atoms with Crippen LogP contribution in [0, 0.1) is 12.8 Å². The summed E-state index contributed by atoms with van der Waals surface area (Å²) in [5, 5.41) is 0.695. The van der Waals surface area contributed by atoms with Gasteiger partial charge < -0.3 is 14.4 Å². The van der Waals surface area contributed by atoms with Crippen molar-refractivity contribution in [2.24, 2.45) is 5.92 Å². The maximum absolute atomic E-state index is 12.5. The lowest BCUT2D eigenvalue weighted by molar-refractivity contribution is -0.151. The van der Waals surface area contributed by atoms with Gasteiger partial charge in [0.25, 0.3) is 5.91 Å². The molecule has 0 aliphatic carbocycles. The average molecular weight is 384 g/mol. The highest BCUT2D eigenvalue weighted by atomic mass is 16.5. The SMILES string of the molecule is CCOC(=O)C1CCN(C(=O)COC(=O)c2cc(C)nc3ccccc23)CC1. The number of para-hydroxylation sites is 1.